The van der Waals surface area contributed by atoms with Crippen LogP contribution in [0.5, 0.6) is 11.5 Å². The number of phenolic OH excluding ortho intramolecular Hbond substituents is 1. The molecule has 1 N–H and O–H groups in total. The number of ether oxygens (including phenoxy) is 1. The van der Waals surface area contributed by atoms with E-state index >= 15 is 0 Å². The third kappa shape index (κ3) is 2.84. The number of aromatic hydroxyl groups is 1. The van der Waals surface area contributed by atoms with Gasteiger partial charge in [-0.25, -0.2) is 0 Å². The first-order valence-corrected chi connectivity index (χ1v) is 5.26. The normalized spacial score (nSPS) is 9.88. The van der Waals surface area contributed by atoms with Crippen molar-refractivity contribution in [1.29, 1.82) is 0 Å². The molecule has 0 atom stereocenters. The molecule has 0 spiro atoms. The number of hydrogen-bond donors (Lipinski definition) is 1. The fourth-order valence-corrected chi connectivity index (χ4v) is 1.46. The third-order valence-electron chi connectivity index (χ3n) is 2.36. The van der Waals surface area contributed by atoms with Gasteiger partial charge in [0.05, 0.1) is 5.69 Å². The molecule has 0 bridgehead atoms. The van der Waals surface area contributed by atoms with Gasteiger partial charge >= 0.3 is 0 Å². The molecule has 0 saturated heterocycles. The van der Waals surface area contributed by atoms with Crippen LogP contribution in [-0.4, -0.2) is 11.8 Å². The van der Waals surface area contributed by atoms with E-state index in [1.54, 1.807) is 12.1 Å². The molecule has 2 aromatic rings. The Balaban J connectivity index is 2.07. The van der Waals surface area contributed by atoms with Gasteiger partial charge < -0.3 is 9.84 Å². The number of benzene rings is 2. The Bertz CT molecular complexity index is 509. The first-order chi connectivity index (χ1) is 8.29. The van der Waals surface area contributed by atoms with Crippen molar-refractivity contribution in [2.24, 2.45) is 4.99 Å². The average Bonchev–Trinajstić information content (AvgIpc) is 2.38. The second kappa shape index (κ2) is 5.16. The van der Waals surface area contributed by atoms with E-state index in [0.717, 1.165) is 5.56 Å². The number of phenols is 1. The first-order valence-electron chi connectivity index (χ1n) is 5.26. The van der Waals surface area contributed by atoms with Gasteiger partial charge in [-0.15, -0.1) is 0 Å². The summed E-state index contributed by atoms with van der Waals surface area (Å²) < 4.78 is 5.51. The summed E-state index contributed by atoms with van der Waals surface area (Å²) in [5.74, 6) is 0.520. The molecule has 3 heteroatoms. The quantitative estimate of drug-likeness (QED) is 0.814. The molecule has 0 radical (unpaired) electrons. The van der Waals surface area contributed by atoms with Gasteiger partial charge in [0.15, 0.2) is 11.5 Å². The van der Waals surface area contributed by atoms with Crippen molar-refractivity contribution >= 4 is 12.4 Å². The third-order valence-corrected chi connectivity index (χ3v) is 2.36. The molecule has 0 heterocycles. The zero-order chi connectivity index (χ0) is 12.1. The molecule has 17 heavy (non-hydrogen) atoms. The van der Waals surface area contributed by atoms with Gasteiger partial charge in [-0.3, -0.25) is 4.99 Å². The van der Waals surface area contributed by atoms with Crippen LogP contribution in [0.25, 0.3) is 0 Å². The van der Waals surface area contributed by atoms with Gasteiger partial charge in [0, 0.05) is 6.07 Å². The predicted molar refractivity (Wildman–Crippen MR) is 68.1 cm³/mol. The van der Waals surface area contributed by atoms with Crippen molar-refractivity contribution in [3.8, 4) is 11.5 Å². The molecule has 2 rings (SSSR count). The van der Waals surface area contributed by atoms with Crippen LogP contribution in [0.3, 0.4) is 0 Å². The summed E-state index contributed by atoms with van der Waals surface area (Å²) in [7, 11) is 0. The van der Waals surface area contributed by atoms with Gasteiger partial charge in [0.1, 0.15) is 6.61 Å². The minimum absolute atomic E-state index is 0.0748. The molecule has 0 aliphatic rings. The molecule has 0 saturated carbocycles. The van der Waals surface area contributed by atoms with Crippen molar-refractivity contribution in [3.63, 3.8) is 0 Å². The smallest absolute Gasteiger partial charge is 0.161 e. The predicted octanol–water partition coefficient (Wildman–Crippen LogP) is 3.30. The van der Waals surface area contributed by atoms with Crippen molar-refractivity contribution < 1.29 is 9.84 Å². The standard InChI is InChI=1S/C14H13NO2/c1-15-12-7-8-14(13(16)9-12)17-10-11-5-3-2-4-6-11/h2-9,16H,1,10H2. The molecule has 0 amide bonds. The van der Waals surface area contributed by atoms with E-state index in [1.807, 2.05) is 30.3 Å². The second-order valence-corrected chi connectivity index (χ2v) is 3.58. The highest BCUT2D eigenvalue weighted by Gasteiger charge is 2.03. The number of rotatable bonds is 4. The molecule has 0 fully saturated rings. The molecule has 0 aromatic heterocycles. The molecule has 0 unspecified atom stereocenters. The highest BCUT2D eigenvalue weighted by Crippen LogP contribution is 2.30. The van der Waals surface area contributed by atoms with Gasteiger partial charge in [0.25, 0.3) is 0 Å². The lowest BCUT2D eigenvalue weighted by molar-refractivity contribution is 0.289. The Hall–Kier alpha value is -2.29. The Morgan fingerprint density at radius 1 is 1.12 bits per heavy atom. The van der Waals surface area contributed by atoms with Crippen LogP contribution in [-0.2, 0) is 6.61 Å². The minimum Gasteiger partial charge on any atom is -0.504 e. The Labute approximate surface area is 100 Å². The van der Waals surface area contributed by atoms with E-state index in [0.29, 0.717) is 18.0 Å². The zero-order valence-corrected chi connectivity index (χ0v) is 9.34. The van der Waals surface area contributed by atoms with E-state index in [4.69, 9.17) is 4.74 Å². The van der Waals surface area contributed by atoms with Crippen LogP contribution in [0, 0.1) is 0 Å². The summed E-state index contributed by atoms with van der Waals surface area (Å²) in [6.07, 6.45) is 0. The van der Waals surface area contributed by atoms with Gasteiger partial charge in [-0.2, -0.15) is 0 Å². The van der Waals surface area contributed by atoms with Crippen LogP contribution in [0.2, 0.25) is 0 Å². The van der Waals surface area contributed by atoms with Crippen molar-refractivity contribution in [3.05, 3.63) is 54.1 Å². The van der Waals surface area contributed by atoms with Crippen LogP contribution < -0.4 is 4.74 Å². The minimum atomic E-state index is 0.0748. The largest absolute Gasteiger partial charge is 0.504 e. The molecule has 2 aromatic carbocycles. The van der Waals surface area contributed by atoms with E-state index in [1.165, 1.54) is 6.07 Å². The summed E-state index contributed by atoms with van der Waals surface area (Å²) in [6, 6.07) is 14.7. The van der Waals surface area contributed by atoms with Crippen molar-refractivity contribution in [1.82, 2.24) is 0 Å². The van der Waals surface area contributed by atoms with Crippen molar-refractivity contribution in [2.45, 2.75) is 6.61 Å². The van der Waals surface area contributed by atoms with E-state index in [9.17, 15) is 5.11 Å². The van der Waals surface area contributed by atoms with Gasteiger partial charge in [-0.1, -0.05) is 30.3 Å². The molecule has 86 valence electrons. The summed E-state index contributed by atoms with van der Waals surface area (Å²) in [6.45, 7) is 3.82. The number of aliphatic imine (C=N–C) groups is 1. The molecule has 0 aliphatic carbocycles. The monoisotopic (exact) mass is 227 g/mol. The lowest BCUT2D eigenvalue weighted by Crippen LogP contribution is -1.94. The summed E-state index contributed by atoms with van der Waals surface area (Å²) in [5.41, 5.74) is 1.67. The fraction of sp³-hybridized carbons (Fsp3) is 0.0714. The highest BCUT2D eigenvalue weighted by molar-refractivity contribution is 5.53. The zero-order valence-electron chi connectivity index (χ0n) is 9.34. The molecular weight excluding hydrogens is 214 g/mol. The Morgan fingerprint density at radius 2 is 1.88 bits per heavy atom. The van der Waals surface area contributed by atoms with Crippen LogP contribution in [0.15, 0.2) is 53.5 Å². The van der Waals surface area contributed by atoms with E-state index < -0.39 is 0 Å². The second-order valence-electron chi connectivity index (χ2n) is 3.58. The highest BCUT2D eigenvalue weighted by atomic mass is 16.5. The van der Waals surface area contributed by atoms with Crippen LogP contribution in [0.4, 0.5) is 5.69 Å². The van der Waals surface area contributed by atoms with Crippen molar-refractivity contribution in [2.75, 3.05) is 0 Å². The maximum Gasteiger partial charge on any atom is 0.161 e. The molecular formula is C14H13NO2. The topological polar surface area (TPSA) is 41.8 Å². The Kier molecular flexibility index (Phi) is 3.40. The molecule has 0 aliphatic heterocycles. The SMILES string of the molecule is C=Nc1ccc(OCc2ccccc2)c(O)c1. The van der Waals surface area contributed by atoms with E-state index in [2.05, 4.69) is 11.7 Å². The number of nitrogens with zero attached hydrogens (tertiary/aromatic N) is 1. The van der Waals surface area contributed by atoms with Crippen LogP contribution in [0.1, 0.15) is 5.56 Å². The molecule has 3 nitrogen and oxygen atoms in total. The van der Waals surface area contributed by atoms with E-state index in [-0.39, 0.29) is 5.75 Å². The summed E-state index contributed by atoms with van der Waals surface area (Å²) in [4.78, 5) is 3.73. The average molecular weight is 227 g/mol. The fourth-order valence-electron chi connectivity index (χ4n) is 1.46. The Morgan fingerprint density at radius 3 is 2.53 bits per heavy atom. The summed E-state index contributed by atoms with van der Waals surface area (Å²) in [5, 5.41) is 9.69. The summed E-state index contributed by atoms with van der Waals surface area (Å²) >= 11 is 0. The lowest BCUT2D eigenvalue weighted by atomic mass is 10.2. The first kappa shape index (κ1) is 11.2. The van der Waals surface area contributed by atoms with Crippen LogP contribution >= 0.6 is 0 Å². The van der Waals surface area contributed by atoms with Gasteiger partial charge in [0.2, 0.25) is 0 Å². The number of hydrogen-bond acceptors (Lipinski definition) is 3. The maximum absolute atomic E-state index is 9.69. The maximum atomic E-state index is 9.69. The van der Waals surface area contributed by atoms with Gasteiger partial charge in [-0.05, 0) is 24.4 Å². The lowest BCUT2D eigenvalue weighted by Gasteiger charge is -2.08.